The summed E-state index contributed by atoms with van der Waals surface area (Å²) in [4.78, 5) is 39.2. The highest BCUT2D eigenvalue weighted by Gasteiger charge is 2.58. The van der Waals surface area contributed by atoms with Gasteiger partial charge in [0.25, 0.3) is 0 Å². The molecule has 2 amide bonds. The molecule has 0 unspecified atom stereocenters. The van der Waals surface area contributed by atoms with E-state index in [1.54, 1.807) is 4.90 Å². The topological polar surface area (TPSA) is 95.9 Å². The molecule has 2 heterocycles. The molecule has 2 aromatic carbocycles. The molecule has 0 spiro atoms. The largest absolute Gasteiger partial charge is 0.479 e. The van der Waals surface area contributed by atoms with Crippen LogP contribution in [0.3, 0.4) is 0 Å². The lowest BCUT2D eigenvalue weighted by molar-refractivity contribution is -0.155. The standard InChI is InChI=1S/C28H32N2O5/c1-27(2,14-13-24(31)30-18-11-15-28(30,16-12-18)25(32)33)29-26(34)35-17-23-21-9-5-3-7-19(21)20-8-4-6-10-22(20)23/h3-10,18,23H,11-17H2,1-2H3,(H,29,34)(H,32,33). The van der Waals surface area contributed by atoms with Crippen LogP contribution >= 0.6 is 0 Å². The molecule has 0 saturated carbocycles. The lowest BCUT2D eigenvalue weighted by atomic mass is 9.88. The smallest absolute Gasteiger partial charge is 0.407 e. The van der Waals surface area contributed by atoms with Crippen LogP contribution in [0.4, 0.5) is 4.79 Å². The summed E-state index contributed by atoms with van der Waals surface area (Å²) in [5.41, 5.74) is 2.94. The van der Waals surface area contributed by atoms with E-state index in [-0.39, 0.29) is 30.9 Å². The summed E-state index contributed by atoms with van der Waals surface area (Å²) in [7, 11) is 0. The molecule has 1 aliphatic carbocycles. The molecule has 2 saturated heterocycles. The number of fused-ring (bicyclic) bond motifs is 5. The SMILES string of the molecule is CC(C)(CCC(=O)N1C2CCC1(C(=O)O)CC2)NC(=O)OCC1c2ccccc2-c2ccccc21. The Balaban J connectivity index is 1.17. The quantitative estimate of drug-likeness (QED) is 0.604. The van der Waals surface area contributed by atoms with E-state index in [0.29, 0.717) is 19.3 Å². The van der Waals surface area contributed by atoms with Crippen molar-refractivity contribution in [1.82, 2.24) is 10.2 Å². The average Bonchev–Trinajstić information content (AvgIpc) is 3.50. The Morgan fingerprint density at radius 3 is 2.17 bits per heavy atom. The van der Waals surface area contributed by atoms with Gasteiger partial charge in [0, 0.05) is 23.9 Å². The molecule has 2 bridgehead atoms. The van der Waals surface area contributed by atoms with Gasteiger partial charge in [0.05, 0.1) is 0 Å². The number of ether oxygens (including phenoxy) is 1. The number of rotatable bonds is 7. The van der Waals surface area contributed by atoms with Gasteiger partial charge in [0.1, 0.15) is 12.1 Å². The maximum Gasteiger partial charge on any atom is 0.407 e. The number of carboxylic acid groups (broad SMARTS) is 1. The predicted octanol–water partition coefficient (Wildman–Crippen LogP) is 4.69. The predicted molar refractivity (Wildman–Crippen MR) is 131 cm³/mol. The number of carbonyl (C=O) groups excluding carboxylic acids is 2. The minimum atomic E-state index is -1.04. The molecule has 0 atom stereocenters. The van der Waals surface area contributed by atoms with E-state index in [9.17, 15) is 19.5 Å². The maximum absolute atomic E-state index is 13.0. The number of nitrogens with zero attached hydrogens (tertiary/aromatic N) is 1. The van der Waals surface area contributed by atoms with E-state index in [1.807, 2.05) is 38.1 Å². The first kappa shape index (κ1) is 23.4. The first-order valence-corrected chi connectivity index (χ1v) is 12.4. The average molecular weight is 477 g/mol. The van der Waals surface area contributed by atoms with Crippen LogP contribution in [0.15, 0.2) is 48.5 Å². The van der Waals surface area contributed by atoms with Crippen LogP contribution in [0, 0.1) is 0 Å². The number of aliphatic carboxylic acids is 1. The van der Waals surface area contributed by atoms with E-state index in [2.05, 4.69) is 29.6 Å². The van der Waals surface area contributed by atoms with Gasteiger partial charge in [-0.25, -0.2) is 9.59 Å². The second-order valence-corrected chi connectivity index (χ2v) is 10.7. The fourth-order valence-electron chi connectivity index (χ4n) is 6.20. The van der Waals surface area contributed by atoms with Crippen molar-refractivity contribution >= 4 is 18.0 Å². The number of hydrogen-bond donors (Lipinski definition) is 2. The molecule has 2 N–H and O–H groups in total. The van der Waals surface area contributed by atoms with Crippen LogP contribution in [-0.2, 0) is 14.3 Å². The first-order valence-electron chi connectivity index (χ1n) is 12.4. The minimum absolute atomic E-state index is 0.0179. The summed E-state index contributed by atoms with van der Waals surface area (Å²) in [6, 6.07) is 16.4. The molecule has 2 aromatic rings. The van der Waals surface area contributed by atoms with Crippen molar-refractivity contribution in [2.75, 3.05) is 6.61 Å². The second kappa shape index (κ2) is 8.70. The van der Waals surface area contributed by atoms with E-state index in [4.69, 9.17) is 4.74 Å². The van der Waals surface area contributed by atoms with Crippen LogP contribution in [0.2, 0.25) is 0 Å². The number of benzene rings is 2. The molecular weight excluding hydrogens is 444 g/mol. The van der Waals surface area contributed by atoms with Crippen molar-refractivity contribution in [2.24, 2.45) is 0 Å². The van der Waals surface area contributed by atoms with Crippen LogP contribution in [0.5, 0.6) is 0 Å². The van der Waals surface area contributed by atoms with Crippen molar-refractivity contribution in [3.05, 3.63) is 59.7 Å². The fourth-order valence-corrected chi connectivity index (χ4v) is 6.20. The minimum Gasteiger partial charge on any atom is -0.479 e. The molecule has 3 aliphatic rings. The summed E-state index contributed by atoms with van der Waals surface area (Å²) in [5, 5.41) is 12.7. The number of nitrogens with one attached hydrogen (secondary N) is 1. The van der Waals surface area contributed by atoms with E-state index >= 15 is 0 Å². The fraction of sp³-hybridized carbons (Fsp3) is 0.464. The Labute approximate surface area is 205 Å². The lowest BCUT2D eigenvalue weighted by Gasteiger charge is -2.32. The van der Waals surface area contributed by atoms with Gasteiger partial charge in [0.15, 0.2) is 0 Å². The highest BCUT2D eigenvalue weighted by Crippen LogP contribution is 2.47. The maximum atomic E-state index is 13.0. The zero-order chi connectivity index (χ0) is 24.8. The molecule has 0 aromatic heterocycles. The highest BCUT2D eigenvalue weighted by molar-refractivity contribution is 5.89. The molecule has 2 fully saturated rings. The van der Waals surface area contributed by atoms with Crippen LogP contribution < -0.4 is 5.32 Å². The highest BCUT2D eigenvalue weighted by atomic mass is 16.5. The van der Waals surface area contributed by atoms with Crippen LogP contribution in [0.1, 0.15) is 69.4 Å². The number of carbonyl (C=O) groups is 3. The van der Waals surface area contributed by atoms with Crippen molar-refractivity contribution in [2.45, 2.75) is 75.4 Å². The summed E-state index contributed by atoms with van der Waals surface area (Å²) in [6.45, 7) is 3.94. The number of carboxylic acids is 1. The van der Waals surface area contributed by atoms with Gasteiger partial charge < -0.3 is 20.1 Å². The monoisotopic (exact) mass is 476 g/mol. The molecule has 0 radical (unpaired) electrons. The van der Waals surface area contributed by atoms with Gasteiger partial charge in [-0.3, -0.25) is 4.79 Å². The van der Waals surface area contributed by atoms with E-state index < -0.39 is 23.1 Å². The van der Waals surface area contributed by atoms with E-state index in [0.717, 1.165) is 24.0 Å². The van der Waals surface area contributed by atoms with Gasteiger partial charge in [-0.1, -0.05) is 48.5 Å². The third-order valence-corrected chi connectivity index (χ3v) is 8.02. The van der Waals surface area contributed by atoms with Crippen LogP contribution in [0.25, 0.3) is 11.1 Å². The van der Waals surface area contributed by atoms with Crippen molar-refractivity contribution in [3.63, 3.8) is 0 Å². The van der Waals surface area contributed by atoms with Crippen molar-refractivity contribution in [1.29, 1.82) is 0 Å². The summed E-state index contributed by atoms with van der Waals surface area (Å²) < 4.78 is 5.65. The first-order chi connectivity index (χ1) is 16.7. The van der Waals surface area contributed by atoms with Gasteiger partial charge in [-0.05, 0) is 68.2 Å². The molecule has 7 nitrogen and oxygen atoms in total. The summed E-state index contributed by atoms with van der Waals surface area (Å²) >= 11 is 0. The number of hydrogen-bond acceptors (Lipinski definition) is 4. The Kier molecular flexibility index (Phi) is 5.82. The normalized spacial score (nSPS) is 22.6. The number of alkyl carbamates (subject to hydrolysis) is 1. The van der Waals surface area contributed by atoms with Crippen molar-refractivity contribution < 1.29 is 24.2 Å². The summed E-state index contributed by atoms with van der Waals surface area (Å²) in [6.07, 6.45) is 2.61. The Morgan fingerprint density at radius 2 is 1.60 bits per heavy atom. The third kappa shape index (κ3) is 4.07. The molecule has 2 aliphatic heterocycles. The van der Waals surface area contributed by atoms with Gasteiger partial charge in [-0.15, -0.1) is 0 Å². The Bertz CT molecular complexity index is 1120. The van der Waals surface area contributed by atoms with Gasteiger partial charge in [-0.2, -0.15) is 0 Å². The zero-order valence-corrected chi connectivity index (χ0v) is 20.3. The zero-order valence-electron chi connectivity index (χ0n) is 20.3. The van der Waals surface area contributed by atoms with Crippen molar-refractivity contribution in [3.8, 4) is 11.1 Å². The molecule has 184 valence electrons. The number of amides is 2. The Morgan fingerprint density at radius 1 is 1.03 bits per heavy atom. The van der Waals surface area contributed by atoms with E-state index in [1.165, 1.54) is 11.1 Å². The Hall–Kier alpha value is -3.35. The molecule has 7 heteroatoms. The molecule has 5 rings (SSSR count). The molecular formula is C28H32N2O5. The van der Waals surface area contributed by atoms with Crippen LogP contribution in [-0.4, -0.2) is 51.7 Å². The summed E-state index contributed by atoms with van der Waals surface area (Å²) in [5.74, 6) is -1.06. The molecule has 35 heavy (non-hydrogen) atoms. The third-order valence-electron chi connectivity index (χ3n) is 8.02. The van der Waals surface area contributed by atoms with Gasteiger partial charge >= 0.3 is 12.1 Å². The second-order valence-electron chi connectivity index (χ2n) is 10.7. The van der Waals surface area contributed by atoms with Gasteiger partial charge in [0.2, 0.25) is 5.91 Å². The lowest BCUT2D eigenvalue weighted by Crippen LogP contribution is -2.51.